The minimum absolute atomic E-state index is 0.0687. The van der Waals surface area contributed by atoms with E-state index in [0.29, 0.717) is 34.6 Å². The average Bonchev–Trinajstić information content (AvgIpc) is 2.42. The zero-order valence-corrected chi connectivity index (χ0v) is 15.0. The molecule has 2 heterocycles. The molecule has 4 atom stereocenters. The first-order valence-electron chi connectivity index (χ1n) is 10.2. The zero-order valence-electron chi connectivity index (χ0n) is 15.0. The third-order valence-corrected chi connectivity index (χ3v) is 8.23. The minimum Gasteiger partial charge on any atom is -0.311 e. The second kappa shape index (κ2) is 4.62. The Morgan fingerprint density at radius 1 is 0.913 bits per heavy atom. The summed E-state index contributed by atoms with van der Waals surface area (Å²) in [5.74, 6) is 1.92. The monoisotopic (exact) mass is 315 g/mol. The molecular weight excluding hydrogens is 282 g/mol. The summed E-state index contributed by atoms with van der Waals surface area (Å²) in [5.41, 5.74) is 0.998. The lowest BCUT2D eigenvalue weighted by Crippen LogP contribution is -2.60. The van der Waals surface area contributed by atoms with Crippen LogP contribution in [0.25, 0.3) is 0 Å². The fraction of sp³-hybridized carbons (Fsp3) is 0.952. The number of rotatable bonds is 2. The van der Waals surface area contributed by atoms with Gasteiger partial charge in [0.15, 0.2) is 0 Å². The van der Waals surface area contributed by atoms with Crippen LogP contribution in [-0.2, 0) is 4.79 Å². The van der Waals surface area contributed by atoms with E-state index in [4.69, 9.17) is 0 Å². The molecule has 6 aliphatic rings. The van der Waals surface area contributed by atoms with Crippen molar-refractivity contribution < 1.29 is 4.79 Å². The molecule has 23 heavy (non-hydrogen) atoms. The first-order chi connectivity index (χ1) is 10.9. The van der Waals surface area contributed by atoms with E-state index in [2.05, 4.69) is 19.2 Å². The maximum absolute atomic E-state index is 13.7. The molecule has 0 radical (unpaired) electrons. The van der Waals surface area contributed by atoms with Gasteiger partial charge >= 0.3 is 0 Å². The third kappa shape index (κ3) is 2.27. The third-order valence-electron chi connectivity index (χ3n) is 8.23. The number of carbonyl (C=O) groups excluding carboxylic acids is 1. The first-order valence-corrected chi connectivity index (χ1v) is 10.2. The molecule has 4 unspecified atom stereocenters. The number of hydrogen-bond acceptors (Lipinski definition) is 2. The highest BCUT2D eigenvalue weighted by Gasteiger charge is 2.63. The number of carbonyl (C=O) groups is 1. The zero-order chi connectivity index (χ0) is 15.9. The number of nitrogens with one attached hydrogen (secondary N) is 1. The highest BCUT2D eigenvalue weighted by atomic mass is 16.1. The summed E-state index contributed by atoms with van der Waals surface area (Å²) in [6, 6.07) is 1.27. The van der Waals surface area contributed by atoms with Crippen LogP contribution >= 0.6 is 0 Å². The van der Waals surface area contributed by atoms with Crippen molar-refractivity contribution in [1.82, 2.24) is 5.32 Å². The van der Waals surface area contributed by atoms with E-state index in [-0.39, 0.29) is 5.41 Å². The van der Waals surface area contributed by atoms with Gasteiger partial charge in [-0.2, -0.15) is 0 Å². The molecule has 1 N–H and O–H groups in total. The Hall–Kier alpha value is -0.370. The largest absolute Gasteiger partial charge is 0.311 e. The summed E-state index contributed by atoms with van der Waals surface area (Å²) < 4.78 is 0. The predicted octanol–water partition coefficient (Wildman–Crippen LogP) is 4.47. The Balaban J connectivity index is 1.43. The van der Waals surface area contributed by atoms with Crippen LogP contribution in [0.1, 0.15) is 84.5 Å². The van der Waals surface area contributed by atoms with E-state index in [0.717, 1.165) is 18.8 Å². The van der Waals surface area contributed by atoms with E-state index in [1.807, 2.05) is 0 Å². The van der Waals surface area contributed by atoms with E-state index < -0.39 is 0 Å². The first kappa shape index (κ1) is 14.9. The van der Waals surface area contributed by atoms with E-state index in [9.17, 15) is 4.79 Å². The molecular formula is C21H33NO. The lowest BCUT2D eigenvalue weighted by atomic mass is 9.39. The van der Waals surface area contributed by atoms with Crippen molar-refractivity contribution >= 4 is 5.78 Å². The average molecular weight is 316 g/mol. The number of piperidine rings is 2. The molecule has 0 spiro atoms. The van der Waals surface area contributed by atoms with Crippen LogP contribution in [0, 0.1) is 28.1 Å². The number of fused-ring (bicyclic) bond motifs is 2. The van der Waals surface area contributed by atoms with Gasteiger partial charge in [-0.25, -0.2) is 0 Å². The molecule has 6 rings (SSSR count). The van der Waals surface area contributed by atoms with Crippen molar-refractivity contribution in [3.63, 3.8) is 0 Å². The summed E-state index contributed by atoms with van der Waals surface area (Å²) >= 11 is 0. The Kier molecular flexibility index (Phi) is 3.00. The number of hydrogen-bond donors (Lipinski definition) is 1. The van der Waals surface area contributed by atoms with Crippen LogP contribution < -0.4 is 5.32 Å². The molecule has 128 valence electrons. The number of Topliss-reactive ketones (excluding diaryl/α,β-unsaturated/α-hetero) is 1. The lowest BCUT2D eigenvalue weighted by Gasteiger charge is -2.65. The topological polar surface area (TPSA) is 29.1 Å². The molecule has 2 heteroatoms. The fourth-order valence-electron chi connectivity index (χ4n) is 8.64. The SMILES string of the molecule is CC12CC3CC(C)(C1)CC(C(=O)C1CC4CCCC(C1)N4)(C3)C2. The number of ketones is 1. The summed E-state index contributed by atoms with van der Waals surface area (Å²) in [7, 11) is 0. The van der Waals surface area contributed by atoms with Gasteiger partial charge in [-0.3, -0.25) is 4.79 Å². The quantitative estimate of drug-likeness (QED) is 0.814. The standard InChI is InChI=1S/C21H33NO/c1-19-8-14-9-20(2,11-19)13-21(10-14,12-19)18(23)15-6-16-4-3-5-17(7-15)22-16/h14-17,22H,3-13H2,1-2H3. The van der Waals surface area contributed by atoms with Gasteiger partial charge in [-0.1, -0.05) is 20.3 Å². The van der Waals surface area contributed by atoms with Crippen LogP contribution in [0.2, 0.25) is 0 Å². The van der Waals surface area contributed by atoms with Gasteiger partial charge in [0, 0.05) is 23.4 Å². The summed E-state index contributed by atoms with van der Waals surface area (Å²) in [5, 5.41) is 3.77. The highest BCUT2D eigenvalue weighted by Crippen LogP contribution is 2.70. The summed E-state index contributed by atoms with van der Waals surface area (Å²) in [4.78, 5) is 13.7. The molecule has 2 nitrogen and oxygen atoms in total. The Morgan fingerprint density at radius 2 is 1.52 bits per heavy atom. The molecule has 4 aliphatic carbocycles. The van der Waals surface area contributed by atoms with Gasteiger partial charge < -0.3 is 5.32 Å². The summed E-state index contributed by atoms with van der Waals surface area (Å²) in [6.45, 7) is 4.99. The maximum atomic E-state index is 13.7. The van der Waals surface area contributed by atoms with Gasteiger partial charge in [0.2, 0.25) is 0 Å². The van der Waals surface area contributed by atoms with Crippen LogP contribution in [-0.4, -0.2) is 17.9 Å². The van der Waals surface area contributed by atoms with Crippen molar-refractivity contribution in [2.24, 2.45) is 28.1 Å². The smallest absolute Gasteiger partial charge is 0.142 e. The van der Waals surface area contributed by atoms with Gasteiger partial charge in [0.1, 0.15) is 5.78 Å². The van der Waals surface area contributed by atoms with E-state index in [1.165, 1.54) is 57.8 Å². The molecule has 6 fully saturated rings. The molecule has 0 aromatic rings. The van der Waals surface area contributed by atoms with Gasteiger partial charge in [0.05, 0.1) is 0 Å². The van der Waals surface area contributed by atoms with Gasteiger partial charge in [0.25, 0.3) is 0 Å². The molecule has 0 aromatic carbocycles. The van der Waals surface area contributed by atoms with E-state index in [1.54, 1.807) is 0 Å². The highest BCUT2D eigenvalue weighted by molar-refractivity contribution is 5.88. The predicted molar refractivity (Wildman–Crippen MR) is 92.1 cm³/mol. The lowest BCUT2D eigenvalue weighted by molar-refractivity contribution is -0.173. The molecule has 4 saturated carbocycles. The Morgan fingerprint density at radius 3 is 2.09 bits per heavy atom. The molecule has 0 aromatic heterocycles. The van der Waals surface area contributed by atoms with Crippen LogP contribution in [0.15, 0.2) is 0 Å². The fourth-order valence-corrected chi connectivity index (χ4v) is 8.64. The second-order valence-corrected chi connectivity index (χ2v) is 10.9. The van der Waals surface area contributed by atoms with Crippen LogP contribution in [0.3, 0.4) is 0 Å². The molecule has 6 bridgehead atoms. The minimum atomic E-state index is 0.0687. The summed E-state index contributed by atoms with van der Waals surface area (Å²) in [6.07, 6.45) is 14.1. The van der Waals surface area contributed by atoms with Crippen molar-refractivity contribution in [1.29, 1.82) is 0 Å². The van der Waals surface area contributed by atoms with Crippen molar-refractivity contribution in [2.75, 3.05) is 0 Å². The van der Waals surface area contributed by atoms with Crippen LogP contribution in [0.4, 0.5) is 0 Å². The molecule has 2 saturated heterocycles. The van der Waals surface area contributed by atoms with Crippen molar-refractivity contribution in [3.05, 3.63) is 0 Å². The Bertz CT molecular complexity index is 510. The Labute approximate surface area is 141 Å². The van der Waals surface area contributed by atoms with Crippen LogP contribution in [0.5, 0.6) is 0 Å². The van der Waals surface area contributed by atoms with Crippen molar-refractivity contribution in [2.45, 2.75) is 96.6 Å². The van der Waals surface area contributed by atoms with Gasteiger partial charge in [-0.15, -0.1) is 0 Å². The van der Waals surface area contributed by atoms with Crippen molar-refractivity contribution in [3.8, 4) is 0 Å². The van der Waals surface area contributed by atoms with Gasteiger partial charge in [-0.05, 0) is 81.0 Å². The van der Waals surface area contributed by atoms with E-state index >= 15 is 0 Å². The molecule has 2 aliphatic heterocycles. The second-order valence-electron chi connectivity index (χ2n) is 10.9. The maximum Gasteiger partial charge on any atom is 0.142 e. The molecule has 0 amide bonds. The normalized spacial score (nSPS) is 57.5.